The summed E-state index contributed by atoms with van der Waals surface area (Å²) in [7, 11) is 0. The van der Waals surface area contributed by atoms with Crippen molar-refractivity contribution in [2.24, 2.45) is 5.92 Å². The van der Waals surface area contributed by atoms with E-state index in [4.69, 9.17) is 11.6 Å². The van der Waals surface area contributed by atoms with Gasteiger partial charge in [0.15, 0.2) is 0 Å². The summed E-state index contributed by atoms with van der Waals surface area (Å²) in [5.74, 6) is 1.07. The van der Waals surface area contributed by atoms with Crippen molar-refractivity contribution >= 4 is 17.5 Å². The Labute approximate surface area is 126 Å². The van der Waals surface area contributed by atoms with E-state index in [0.29, 0.717) is 5.91 Å². The molecule has 2 aliphatic rings. The van der Waals surface area contributed by atoms with Gasteiger partial charge in [-0.3, -0.25) is 4.79 Å². The molecule has 1 aliphatic carbocycles. The van der Waals surface area contributed by atoms with Crippen molar-refractivity contribution in [2.45, 2.75) is 44.4 Å². The lowest BCUT2D eigenvalue weighted by molar-refractivity contribution is -0.133. The number of hydrogen-bond acceptors (Lipinski definition) is 1. The normalized spacial score (nSPS) is 25.1. The number of hydrogen-bond donors (Lipinski definition) is 0. The van der Waals surface area contributed by atoms with Gasteiger partial charge in [-0.25, -0.2) is 0 Å². The first kappa shape index (κ1) is 13.9. The maximum atomic E-state index is 12.9. The molecule has 20 heavy (non-hydrogen) atoms. The van der Waals surface area contributed by atoms with Crippen molar-refractivity contribution in [1.82, 2.24) is 4.90 Å². The molecule has 0 N–H and O–H groups in total. The minimum Gasteiger partial charge on any atom is -0.342 e. The number of benzene rings is 1. The first-order valence-electron chi connectivity index (χ1n) is 7.67. The Kier molecular flexibility index (Phi) is 3.76. The maximum absolute atomic E-state index is 12.9. The van der Waals surface area contributed by atoms with Gasteiger partial charge in [0.25, 0.3) is 0 Å². The van der Waals surface area contributed by atoms with Crippen molar-refractivity contribution in [2.75, 3.05) is 13.1 Å². The molecule has 0 unspecified atom stereocenters. The van der Waals surface area contributed by atoms with Crippen LogP contribution in [0.1, 0.15) is 44.6 Å². The standard InChI is InChI=1S/C17H22ClNO/c1-13-4-3-10-19(11-7-13)16(20)17(8-9-17)14-5-2-6-15(18)12-14/h2,5-6,12-13H,3-4,7-11H2,1H3/t13-/m1/s1. The van der Waals surface area contributed by atoms with Gasteiger partial charge in [0.1, 0.15) is 0 Å². The molecule has 1 atom stereocenters. The lowest BCUT2D eigenvalue weighted by atomic mass is 9.94. The topological polar surface area (TPSA) is 20.3 Å². The number of carbonyl (C=O) groups is 1. The smallest absolute Gasteiger partial charge is 0.233 e. The van der Waals surface area contributed by atoms with E-state index in [0.717, 1.165) is 55.3 Å². The Bertz CT molecular complexity index is 509. The summed E-state index contributed by atoms with van der Waals surface area (Å²) in [4.78, 5) is 15.0. The van der Waals surface area contributed by atoms with Crippen LogP contribution in [0, 0.1) is 5.92 Å². The summed E-state index contributed by atoms with van der Waals surface area (Å²) in [5.41, 5.74) is 0.839. The third-order valence-corrected chi connectivity index (χ3v) is 5.08. The summed E-state index contributed by atoms with van der Waals surface area (Å²) in [6.45, 7) is 4.13. The maximum Gasteiger partial charge on any atom is 0.233 e. The Morgan fingerprint density at radius 1 is 1.30 bits per heavy atom. The number of amides is 1. The van der Waals surface area contributed by atoms with E-state index in [1.165, 1.54) is 6.42 Å². The summed E-state index contributed by atoms with van der Waals surface area (Å²) >= 11 is 6.09. The zero-order valence-corrected chi connectivity index (χ0v) is 12.8. The molecule has 2 nitrogen and oxygen atoms in total. The van der Waals surface area contributed by atoms with Gasteiger partial charge in [-0.1, -0.05) is 30.7 Å². The van der Waals surface area contributed by atoms with Crippen LogP contribution in [0.3, 0.4) is 0 Å². The molecule has 3 heteroatoms. The SMILES string of the molecule is C[C@@H]1CCCN(C(=O)C2(c3cccc(Cl)c3)CC2)CC1. The third kappa shape index (κ3) is 2.58. The molecule has 1 aromatic carbocycles. The molecule has 0 spiro atoms. The van der Waals surface area contributed by atoms with Gasteiger partial charge in [-0.15, -0.1) is 0 Å². The first-order chi connectivity index (χ1) is 9.62. The summed E-state index contributed by atoms with van der Waals surface area (Å²) in [6.07, 6.45) is 5.46. The molecule has 2 fully saturated rings. The number of carbonyl (C=O) groups excluding carboxylic acids is 1. The van der Waals surface area contributed by atoms with Crippen LogP contribution in [-0.4, -0.2) is 23.9 Å². The number of likely N-dealkylation sites (tertiary alicyclic amines) is 1. The average Bonchev–Trinajstić information content (AvgIpc) is 3.23. The molecule has 1 amide bonds. The molecule has 0 bridgehead atoms. The predicted molar refractivity (Wildman–Crippen MR) is 82.0 cm³/mol. The van der Waals surface area contributed by atoms with Gasteiger partial charge in [-0.2, -0.15) is 0 Å². The Hall–Kier alpha value is -1.02. The predicted octanol–water partition coefficient (Wildman–Crippen LogP) is 4.02. The second-order valence-electron chi connectivity index (χ2n) is 6.42. The number of rotatable bonds is 2. The van der Waals surface area contributed by atoms with Crippen LogP contribution in [-0.2, 0) is 10.2 Å². The van der Waals surface area contributed by atoms with Crippen LogP contribution in [0.2, 0.25) is 5.02 Å². The van der Waals surface area contributed by atoms with Crippen LogP contribution in [0.4, 0.5) is 0 Å². The third-order valence-electron chi connectivity index (χ3n) is 4.84. The Morgan fingerprint density at radius 2 is 2.10 bits per heavy atom. The summed E-state index contributed by atoms with van der Waals surface area (Å²) in [6, 6.07) is 7.85. The van der Waals surface area contributed by atoms with Crippen LogP contribution >= 0.6 is 11.6 Å². The van der Waals surface area contributed by atoms with Crippen LogP contribution in [0.25, 0.3) is 0 Å². The molecule has 3 rings (SSSR count). The fourth-order valence-electron chi connectivity index (χ4n) is 3.31. The van der Waals surface area contributed by atoms with Crippen molar-refractivity contribution in [3.8, 4) is 0 Å². The van der Waals surface area contributed by atoms with Gasteiger partial charge in [0.05, 0.1) is 5.41 Å². The van der Waals surface area contributed by atoms with E-state index in [1.807, 2.05) is 18.2 Å². The van der Waals surface area contributed by atoms with Gasteiger partial charge in [-0.05, 0) is 55.7 Å². The zero-order chi connectivity index (χ0) is 14.2. The van der Waals surface area contributed by atoms with E-state index in [1.54, 1.807) is 0 Å². The van der Waals surface area contributed by atoms with E-state index in [9.17, 15) is 4.79 Å². The fourth-order valence-corrected chi connectivity index (χ4v) is 3.50. The molecule has 1 aromatic rings. The molecule has 1 saturated heterocycles. The van der Waals surface area contributed by atoms with Crippen molar-refractivity contribution < 1.29 is 4.79 Å². The summed E-state index contributed by atoms with van der Waals surface area (Å²) < 4.78 is 0. The molecular weight excluding hydrogens is 270 g/mol. The zero-order valence-electron chi connectivity index (χ0n) is 12.1. The van der Waals surface area contributed by atoms with E-state index in [-0.39, 0.29) is 5.41 Å². The molecule has 1 saturated carbocycles. The molecule has 108 valence electrons. The highest BCUT2D eigenvalue weighted by atomic mass is 35.5. The number of halogens is 1. The van der Waals surface area contributed by atoms with Gasteiger partial charge >= 0.3 is 0 Å². The molecule has 1 heterocycles. The van der Waals surface area contributed by atoms with Crippen molar-refractivity contribution in [3.63, 3.8) is 0 Å². The highest BCUT2D eigenvalue weighted by Crippen LogP contribution is 2.50. The molecule has 0 radical (unpaired) electrons. The van der Waals surface area contributed by atoms with Crippen LogP contribution < -0.4 is 0 Å². The molecular formula is C17H22ClNO. The lowest BCUT2D eigenvalue weighted by Crippen LogP contribution is -2.40. The van der Waals surface area contributed by atoms with Crippen molar-refractivity contribution in [3.05, 3.63) is 34.9 Å². The van der Waals surface area contributed by atoms with Gasteiger partial charge < -0.3 is 4.90 Å². The highest BCUT2D eigenvalue weighted by Gasteiger charge is 2.53. The second kappa shape index (κ2) is 5.40. The van der Waals surface area contributed by atoms with Gasteiger partial charge in [0, 0.05) is 18.1 Å². The van der Waals surface area contributed by atoms with E-state index in [2.05, 4.69) is 17.9 Å². The second-order valence-corrected chi connectivity index (χ2v) is 6.86. The van der Waals surface area contributed by atoms with E-state index < -0.39 is 0 Å². The largest absolute Gasteiger partial charge is 0.342 e. The van der Waals surface area contributed by atoms with Crippen LogP contribution in [0.5, 0.6) is 0 Å². The van der Waals surface area contributed by atoms with Crippen molar-refractivity contribution in [1.29, 1.82) is 0 Å². The quantitative estimate of drug-likeness (QED) is 0.806. The monoisotopic (exact) mass is 291 g/mol. The number of nitrogens with zero attached hydrogens (tertiary/aromatic N) is 1. The highest BCUT2D eigenvalue weighted by molar-refractivity contribution is 6.30. The average molecular weight is 292 g/mol. The van der Waals surface area contributed by atoms with Gasteiger partial charge in [0.2, 0.25) is 5.91 Å². The van der Waals surface area contributed by atoms with Crippen LogP contribution in [0.15, 0.2) is 24.3 Å². The minimum absolute atomic E-state index is 0.265. The first-order valence-corrected chi connectivity index (χ1v) is 8.05. The summed E-state index contributed by atoms with van der Waals surface area (Å²) in [5, 5.41) is 0.728. The van der Waals surface area contributed by atoms with E-state index >= 15 is 0 Å². The minimum atomic E-state index is -0.265. The Balaban J connectivity index is 1.79. The molecule has 0 aromatic heterocycles. The Morgan fingerprint density at radius 3 is 2.80 bits per heavy atom. The lowest BCUT2D eigenvalue weighted by Gasteiger charge is -2.26. The molecule has 1 aliphatic heterocycles. The fraction of sp³-hybridized carbons (Fsp3) is 0.588.